The predicted octanol–water partition coefficient (Wildman–Crippen LogP) is 3.24. The molecule has 19 heavy (non-hydrogen) atoms. The van der Waals surface area contributed by atoms with Gasteiger partial charge < -0.3 is 10.1 Å². The molecule has 0 bridgehead atoms. The largest absolute Gasteiger partial charge is 0.481 e. The highest BCUT2D eigenvalue weighted by Crippen LogP contribution is 2.20. The normalized spacial score (nSPS) is 10.1. The summed E-state index contributed by atoms with van der Waals surface area (Å²) in [6, 6.07) is 7.76. The molecule has 0 radical (unpaired) electrons. The quantitative estimate of drug-likeness (QED) is 0.942. The van der Waals surface area contributed by atoms with Crippen LogP contribution in [0.1, 0.15) is 10.4 Å². The van der Waals surface area contributed by atoms with E-state index in [1.54, 1.807) is 18.2 Å². The molecule has 0 saturated carbocycles. The number of amides is 1. The summed E-state index contributed by atoms with van der Waals surface area (Å²) in [6.45, 7) is 0. The predicted molar refractivity (Wildman–Crippen MR) is 72.8 cm³/mol. The number of halogens is 2. The Hall–Kier alpha value is -1.95. The lowest BCUT2D eigenvalue weighted by Gasteiger charge is -2.07. The fraction of sp³-hybridized carbons (Fsp3) is 0.0769. The van der Waals surface area contributed by atoms with Crippen LogP contribution >= 0.6 is 15.9 Å². The van der Waals surface area contributed by atoms with Gasteiger partial charge in [-0.15, -0.1) is 0 Å². The third-order valence-electron chi connectivity index (χ3n) is 2.40. The lowest BCUT2D eigenvalue weighted by atomic mass is 10.2. The molecule has 1 amide bonds. The molecule has 0 aliphatic rings. The summed E-state index contributed by atoms with van der Waals surface area (Å²) < 4.78 is 18.9. The van der Waals surface area contributed by atoms with Crippen molar-refractivity contribution < 1.29 is 13.9 Å². The van der Waals surface area contributed by atoms with Gasteiger partial charge in [0.1, 0.15) is 5.82 Å². The summed E-state index contributed by atoms with van der Waals surface area (Å²) in [6.07, 6.45) is 1.44. The van der Waals surface area contributed by atoms with Gasteiger partial charge in [0, 0.05) is 6.07 Å². The summed E-state index contributed by atoms with van der Waals surface area (Å²) in [5, 5.41) is 2.56. The average molecular weight is 325 g/mol. The number of carbonyl (C=O) groups excluding carboxylic acids is 1. The van der Waals surface area contributed by atoms with E-state index >= 15 is 0 Å². The number of nitrogens with one attached hydrogen (secondary N) is 1. The second-order valence-corrected chi connectivity index (χ2v) is 4.50. The fourth-order valence-electron chi connectivity index (χ4n) is 1.45. The molecular weight excluding hydrogens is 315 g/mol. The van der Waals surface area contributed by atoms with Gasteiger partial charge in [-0.25, -0.2) is 9.37 Å². The molecule has 1 aromatic carbocycles. The number of benzene rings is 1. The molecule has 0 unspecified atom stereocenters. The van der Waals surface area contributed by atoms with Crippen LogP contribution in [0.25, 0.3) is 0 Å². The zero-order valence-corrected chi connectivity index (χ0v) is 11.6. The van der Waals surface area contributed by atoms with Gasteiger partial charge in [-0.2, -0.15) is 0 Å². The third-order valence-corrected chi connectivity index (χ3v) is 3.01. The summed E-state index contributed by atoms with van der Waals surface area (Å²) in [5.74, 6) is -0.695. The van der Waals surface area contributed by atoms with Gasteiger partial charge in [-0.1, -0.05) is 6.07 Å². The molecule has 1 aromatic heterocycles. The highest BCUT2D eigenvalue weighted by molar-refractivity contribution is 9.10. The second-order valence-electron chi connectivity index (χ2n) is 3.64. The average Bonchev–Trinajstić information content (AvgIpc) is 2.42. The molecule has 4 nitrogen and oxygen atoms in total. The van der Waals surface area contributed by atoms with Crippen LogP contribution in [0.15, 0.2) is 41.0 Å². The maximum Gasteiger partial charge on any atom is 0.258 e. The Morgan fingerprint density at radius 2 is 2.16 bits per heavy atom. The van der Waals surface area contributed by atoms with E-state index in [1.165, 1.54) is 25.4 Å². The van der Waals surface area contributed by atoms with Crippen LogP contribution in [0.4, 0.5) is 10.1 Å². The number of methoxy groups -OCH3 is 1. The van der Waals surface area contributed by atoms with Crippen molar-refractivity contribution in [2.75, 3.05) is 12.4 Å². The molecule has 2 aromatic rings. The van der Waals surface area contributed by atoms with Crippen LogP contribution in [0.2, 0.25) is 0 Å². The van der Waals surface area contributed by atoms with Gasteiger partial charge in [0.2, 0.25) is 5.88 Å². The number of hydrogen-bond donors (Lipinski definition) is 1. The van der Waals surface area contributed by atoms with E-state index in [9.17, 15) is 9.18 Å². The maximum atomic E-state index is 13.7. The van der Waals surface area contributed by atoms with Crippen molar-refractivity contribution in [1.29, 1.82) is 0 Å². The summed E-state index contributed by atoms with van der Waals surface area (Å²) in [5.41, 5.74) is 0.426. The minimum absolute atomic E-state index is 0.0369. The Labute approximate surface area is 117 Å². The Kier molecular flexibility index (Phi) is 4.11. The standard InChI is InChI=1S/C13H10BrFN2O2/c1-19-11-6-5-8(7-16-11)17-13(18)9-3-2-4-10(14)12(9)15/h2-7H,1H3,(H,17,18). The van der Waals surface area contributed by atoms with Crippen molar-refractivity contribution in [3.63, 3.8) is 0 Å². The fourth-order valence-corrected chi connectivity index (χ4v) is 1.82. The zero-order valence-electron chi connectivity index (χ0n) is 9.98. The molecule has 1 heterocycles. The Morgan fingerprint density at radius 3 is 2.79 bits per heavy atom. The number of carbonyl (C=O) groups is 1. The monoisotopic (exact) mass is 324 g/mol. The van der Waals surface area contributed by atoms with Crippen LogP contribution in [0, 0.1) is 5.82 Å². The molecule has 0 saturated heterocycles. The minimum Gasteiger partial charge on any atom is -0.481 e. The van der Waals surface area contributed by atoms with Crippen molar-refractivity contribution >= 4 is 27.5 Å². The van der Waals surface area contributed by atoms with Gasteiger partial charge in [0.15, 0.2) is 0 Å². The number of hydrogen-bond acceptors (Lipinski definition) is 3. The highest BCUT2D eigenvalue weighted by atomic mass is 79.9. The van der Waals surface area contributed by atoms with Gasteiger partial charge >= 0.3 is 0 Å². The van der Waals surface area contributed by atoms with E-state index in [1.807, 2.05) is 0 Å². The van der Waals surface area contributed by atoms with Crippen LogP contribution in [0.3, 0.4) is 0 Å². The number of ether oxygens (including phenoxy) is 1. The van der Waals surface area contributed by atoms with Crippen molar-refractivity contribution in [3.8, 4) is 5.88 Å². The van der Waals surface area contributed by atoms with Crippen LogP contribution < -0.4 is 10.1 Å². The Balaban J connectivity index is 2.18. The topological polar surface area (TPSA) is 51.2 Å². The van der Waals surface area contributed by atoms with Gasteiger partial charge in [-0.05, 0) is 34.1 Å². The number of pyridine rings is 1. The first-order valence-corrected chi connectivity index (χ1v) is 6.16. The molecule has 2 rings (SSSR count). The highest BCUT2D eigenvalue weighted by Gasteiger charge is 2.14. The van der Waals surface area contributed by atoms with E-state index in [4.69, 9.17) is 4.74 Å². The molecule has 0 atom stereocenters. The first kappa shape index (κ1) is 13.5. The summed E-state index contributed by atoms with van der Waals surface area (Å²) in [7, 11) is 1.50. The van der Waals surface area contributed by atoms with Crippen LogP contribution in [0.5, 0.6) is 5.88 Å². The van der Waals surface area contributed by atoms with E-state index < -0.39 is 11.7 Å². The number of rotatable bonds is 3. The first-order valence-electron chi connectivity index (χ1n) is 5.37. The van der Waals surface area contributed by atoms with Crippen molar-refractivity contribution in [3.05, 3.63) is 52.4 Å². The number of nitrogens with zero attached hydrogens (tertiary/aromatic N) is 1. The van der Waals surface area contributed by atoms with Crippen molar-refractivity contribution in [1.82, 2.24) is 4.98 Å². The van der Waals surface area contributed by atoms with E-state index in [-0.39, 0.29) is 10.0 Å². The second kappa shape index (κ2) is 5.79. The molecule has 1 N–H and O–H groups in total. The van der Waals surface area contributed by atoms with Crippen LogP contribution in [-0.2, 0) is 0 Å². The summed E-state index contributed by atoms with van der Waals surface area (Å²) >= 11 is 3.03. The van der Waals surface area contributed by atoms with E-state index in [2.05, 4.69) is 26.2 Å². The van der Waals surface area contributed by atoms with E-state index in [0.29, 0.717) is 11.6 Å². The van der Waals surface area contributed by atoms with Crippen LogP contribution in [-0.4, -0.2) is 18.0 Å². The molecule has 98 valence electrons. The summed E-state index contributed by atoms with van der Waals surface area (Å²) in [4.78, 5) is 15.9. The molecule has 0 aliphatic heterocycles. The van der Waals surface area contributed by atoms with Gasteiger partial charge in [-0.3, -0.25) is 4.79 Å². The maximum absolute atomic E-state index is 13.7. The third kappa shape index (κ3) is 3.08. The zero-order chi connectivity index (χ0) is 13.8. The smallest absolute Gasteiger partial charge is 0.258 e. The minimum atomic E-state index is -0.596. The van der Waals surface area contributed by atoms with E-state index in [0.717, 1.165) is 0 Å². The van der Waals surface area contributed by atoms with Crippen molar-refractivity contribution in [2.24, 2.45) is 0 Å². The van der Waals surface area contributed by atoms with Crippen molar-refractivity contribution in [2.45, 2.75) is 0 Å². The Morgan fingerprint density at radius 1 is 1.37 bits per heavy atom. The van der Waals surface area contributed by atoms with Gasteiger partial charge in [0.25, 0.3) is 5.91 Å². The van der Waals surface area contributed by atoms with Gasteiger partial charge in [0.05, 0.1) is 29.0 Å². The lowest BCUT2D eigenvalue weighted by Crippen LogP contribution is -2.14. The first-order chi connectivity index (χ1) is 9.11. The Bertz CT molecular complexity index is 602. The SMILES string of the molecule is COc1ccc(NC(=O)c2cccc(Br)c2F)cn1. The molecule has 0 fully saturated rings. The molecule has 0 aliphatic carbocycles. The number of anilines is 1. The number of aromatic nitrogens is 1. The lowest BCUT2D eigenvalue weighted by molar-refractivity contribution is 0.102. The molecule has 6 heteroatoms. The molecule has 0 spiro atoms. The molecular formula is C13H10BrFN2O2.